The van der Waals surface area contributed by atoms with E-state index >= 15 is 0 Å². The Labute approximate surface area is 190 Å². The largest absolute Gasteiger partial charge is 0.278 e. The van der Waals surface area contributed by atoms with Gasteiger partial charge in [-0.05, 0) is 30.2 Å². The minimum atomic E-state index is 0.819. The number of hydrogen-bond acceptors (Lipinski definition) is 2. The van der Waals surface area contributed by atoms with Gasteiger partial charge in [-0.15, -0.1) is 10.2 Å². The number of benzene rings is 4. The van der Waals surface area contributed by atoms with Crippen molar-refractivity contribution in [1.82, 2.24) is 14.8 Å². The summed E-state index contributed by atoms with van der Waals surface area (Å²) in [6.45, 7) is 2.00. The van der Waals surface area contributed by atoms with E-state index in [4.69, 9.17) is 0 Å². The number of nitrogens with zero attached hydrogens (tertiary/aromatic N) is 3. The van der Waals surface area contributed by atoms with Crippen molar-refractivity contribution in [1.29, 1.82) is 0 Å². The predicted octanol–water partition coefficient (Wildman–Crippen LogP) is 7.34. The average molecular weight is 466 g/mol. The zero-order valence-electron chi connectivity index (χ0n) is 17.0. The van der Waals surface area contributed by atoms with Crippen LogP contribution in [0, 0.1) is 6.92 Å². The summed E-state index contributed by atoms with van der Waals surface area (Å²) in [5.74, 6) is 1.66. The second-order valence-electron chi connectivity index (χ2n) is 7.35. The van der Waals surface area contributed by atoms with E-state index in [-0.39, 0.29) is 0 Å². The van der Waals surface area contributed by atoms with Crippen molar-refractivity contribution < 1.29 is 0 Å². The first-order valence-electron chi connectivity index (χ1n) is 10.1. The molecule has 0 spiro atoms. The van der Waals surface area contributed by atoms with Crippen LogP contribution in [0.4, 0.5) is 0 Å². The molecule has 0 amide bonds. The summed E-state index contributed by atoms with van der Waals surface area (Å²) in [5, 5.41) is 9.03. The molecular formula is C27H20BrN3. The molecule has 0 bridgehead atoms. The molecule has 0 N–H and O–H groups in total. The van der Waals surface area contributed by atoms with Crippen LogP contribution in [-0.4, -0.2) is 14.8 Å². The molecule has 0 unspecified atom stereocenters. The molecule has 4 aromatic carbocycles. The van der Waals surface area contributed by atoms with E-state index in [2.05, 4.69) is 110 Å². The Morgan fingerprint density at radius 3 is 1.74 bits per heavy atom. The molecular weight excluding hydrogens is 446 g/mol. The van der Waals surface area contributed by atoms with Crippen LogP contribution in [0.2, 0.25) is 0 Å². The Hall–Kier alpha value is -3.50. The van der Waals surface area contributed by atoms with Crippen LogP contribution in [-0.2, 0) is 0 Å². The van der Waals surface area contributed by atoms with Gasteiger partial charge in [-0.1, -0.05) is 107 Å². The van der Waals surface area contributed by atoms with Crippen molar-refractivity contribution >= 4 is 15.9 Å². The van der Waals surface area contributed by atoms with Crippen molar-refractivity contribution in [2.75, 3.05) is 0 Å². The van der Waals surface area contributed by atoms with Gasteiger partial charge in [0.25, 0.3) is 0 Å². The zero-order chi connectivity index (χ0) is 21.2. The average Bonchev–Trinajstić information content (AvgIpc) is 3.20. The smallest absolute Gasteiger partial charge is 0.168 e. The molecule has 0 aliphatic heterocycles. The molecule has 31 heavy (non-hydrogen) atoms. The molecule has 0 radical (unpaired) electrons. The Bertz CT molecular complexity index is 1280. The molecule has 0 atom stereocenters. The van der Waals surface area contributed by atoms with Crippen molar-refractivity contribution in [2.24, 2.45) is 0 Å². The van der Waals surface area contributed by atoms with Crippen molar-refractivity contribution in [3.8, 4) is 39.3 Å². The van der Waals surface area contributed by atoms with E-state index in [1.54, 1.807) is 0 Å². The maximum atomic E-state index is 4.57. The molecule has 150 valence electrons. The van der Waals surface area contributed by atoms with Gasteiger partial charge < -0.3 is 0 Å². The molecule has 0 fully saturated rings. The van der Waals surface area contributed by atoms with Crippen LogP contribution in [0.15, 0.2) is 108 Å². The highest BCUT2D eigenvalue weighted by Crippen LogP contribution is 2.38. The van der Waals surface area contributed by atoms with Crippen molar-refractivity contribution in [3.05, 3.63) is 113 Å². The number of halogens is 1. The normalized spacial score (nSPS) is 10.9. The van der Waals surface area contributed by atoms with Crippen LogP contribution in [0.1, 0.15) is 5.82 Å². The number of aromatic nitrogens is 3. The number of hydrogen-bond donors (Lipinski definition) is 0. The number of aryl methyl sites for hydroxylation is 1. The molecule has 1 aromatic heterocycles. The van der Waals surface area contributed by atoms with E-state index in [0.717, 1.165) is 49.6 Å². The fraction of sp³-hybridized carbons (Fsp3) is 0.0370. The Morgan fingerprint density at radius 2 is 1.16 bits per heavy atom. The van der Waals surface area contributed by atoms with E-state index in [1.807, 2.05) is 31.2 Å². The Morgan fingerprint density at radius 1 is 0.613 bits per heavy atom. The predicted molar refractivity (Wildman–Crippen MR) is 130 cm³/mol. The number of rotatable bonds is 4. The highest BCUT2D eigenvalue weighted by molar-refractivity contribution is 9.10. The molecule has 5 rings (SSSR count). The summed E-state index contributed by atoms with van der Waals surface area (Å²) in [6.07, 6.45) is 0. The van der Waals surface area contributed by atoms with Gasteiger partial charge in [-0.2, -0.15) is 0 Å². The first-order valence-corrected chi connectivity index (χ1v) is 10.9. The third-order valence-electron chi connectivity index (χ3n) is 5.34. The van der Waals surface area contributed by atoms with Gasteiger partial charge in [0.15, 0.2) is 5.82 Å². The minimum Gasteiger partial charge on any atom is -0.278 e. The van der Waals surface area contributed by atoms with E-state index < -0.39 is 0 Å². The summed E-state index contributed by atoms with van der Waals surface area (Å²) < 4.78 is 3.18. The zero-order valence-corrected chi connectivity index (χ0v) is 18.6. The summed E-state index contributed by atoms with van der Waals surface area (Å²) >= 11 is 3.59. The Kier molecular flexibility index (Phi) is 5.23. The second kappa shape index (κ2) is 8.32. The van der Waals surface area contributed by atoms with Crippen molar-refractivity contribution in [3.63, 3.8) is 0 Å². The molecule has 0 saturated heterocycles. The maximum absolute atomic E-state index is 4.57. The summed E-state index contributed by atoms with van der Waals surface area (Å²) in [7, 11) is 0. The van der Waals surface area contributed by atoms with Gasteiger partial charge in [-0.3, -0.25) is 4.57 Å². The highest BCUT2D eigenvalue weighted by Gasteiger charge is 2.20. The molecule has 0 aliphatic rings. The lowest BCUT2D eigenvalue weighted by Crippen LogP contribution is -2.05. The van der Waals surface area contributed by atoms with Crippen molar-refractivity contribution in [2.45, 2.75) is 6.92 Å². The van der Waals surface area contributed by atoms with Crippen LogP contribution < -0.4 is 0 Å². The molecule has 0 aliphatic carbocycles. The third-order valence-corrected chi connectivity index (χ3v) is 5.83. The van der Waals surface area contributed by atoms with Crippen LogP contribution >= 0.6 is 15.9 Å². The molecule has 3 nitrogen and oxygen atoms in total. The van der Waals surface area contributed by atoms with Crippen LogP contribution in [0.5, 0.6) is 0 Å². The minimum absolute atomic E-state index is 0.819. The second-order valence-corrected chi connectivity index (χ2v) is 8.27. The van der Waals surface area contributed by atoms with Gasteiger partial charge >= 0.3 is 0 Å². The molecule has 0 saturated carbocycles. The van der Waals surface area contributed by atoms with E-state index in [1.165, 1.54) is 0 Å². The molecule has 4 heteroatoms. The van der Waals surface area contributed by atoms with Crippen LogP contribution in [0.25, 0.3) is 39.3 Å². The first kappa shape index (κ1) is 19.5. The fourth-order valence-electron chi connectivity index (χ4n) is 3.93. The van der Waals surface area contributed by atoms with Gasteiger partial charge in [0.2, 0.25) is 0 Å². The van der Waals surface area contributed by atoms with E-state index in [0.29, 0.717) is 0 Å². The maximum Gasteiger partial charge on any atom is 0.168 e. The number of para-hydroxylation sites is 1. The summed E-state index contributed by atoms with van der Waals surface area (Å²) in [4.78, 5) is 0. The monoisotopic (exact) mass is 465 g/mol. The lowest BCUT2D eigenvalue weighted by molar-refractivity contribution is 0.974. The summed E-state index contributed by atoms with van der Waals surface area (Å²) in [6, 6.07) is 35.6. The highest BCUT2D eigenvalue weighted by atomic mass is 79.9. The van der Waals surface area contributed by atoms with Gasteiger partial charge in [0, 0.05) is 21.2 Å². The topological polar surface area (TPSA) is 30.7 Å². The third kappa shape index (κ3) is 3.71. The SMILES string of the molecule is Cc1nnc(-c2cccc(Br)c2)n1-c1c(-c2ccccc2)cccc1-c1ccccc1. The van der Waals surface area contributed by atoms with Crippen LogP contribution in [0.3, 0.4) is 0 Å². The fourth-order valence-corrected chi connectivity index (χ4v) is 4.33. The lowest BCUT2D eigenvalue weighted by atomic mass is 9.95. The quantitative estimate of drug-likeness (QED) is 0.278. The lowest BCUT2D eigenvalue weighted by Gasteiger charge is -2.19. The van der Waals surface area contributed by atoms with Gasteiger partial charge in [0.05, 0.1) is 5.69 Å². The summed E-state index contributed by atoms with van der Waals surface area (Å²) in [5.41, 5.74) is 6.68. The molecule has 1 heterocycles. The standard InChI is InChI=1S/C27H20BrN3/c1-19-29-30-27(22-14-8-15-23(28)18-22)31(19)26-24(20-10-4-2-5-11-20)16-9-17-25(26)21-12-6-3-7-13-21/h2-18H,1H3. The van der Waals surface area contributed by atoms with Gasteiger partial charge in [0.1, 0.15) is 5.82 Å². The Balaban J connectivity index is 1.85. The molecule has 5 aromatic rings. The first-order chi connectivity index (χ1) is 15.2. The van der Waals surface area contributed by atoms with E-state index in [9.17, 15) is 0 Å². The van der Waals surface area contributed by atoms with Gasteiger partial charge in [-0.25, -0.2) is 0 Å².